The van der Waals surface area contributed by atoms with E-state index in [1.54, 1.807) is 0 Å². The van der Waals surface area contributed by atoms with E-state index in [9.17, 15) is 4.79 Å². The zero-order chi connectivity index (χ0) is 11.8. The maximum atomic E-state index is 12.1. The fourth-order valence-electron chi connectivity index (χ4n) is 2.68. The normalized spacial score (nSPS) is 27.1. The third-order valence-corrected chi connectivity index (χ3v) is 3.64. The van der Waals surface area contributed by atoms with Crippen molar-refractivity contribution < 1.29 is 9.53 Å². The maximum Gasteiger partial charge on any atom is 0.240 e. The number of amides is 1. The molecule has 0 aliphatic carbocycles. The van der Waals surface area contributed by atoms with Gasteiger partial charge < -0.3 is 15.0 Å². The van der Waals surface area contributed by atoms with Gasteiger partial charge in [0, 0.05) is 12.1 Å². The summed E-state index contributed by atoms with van der Waals surface area (Å²) in [4.78, 5) is 14.1. The van der Waals surface area contributed by atoms with Crippen LogP contribution in [0.2, 0.25) is 0 Å². The Bertz CT molecular complexity index is 447. The molecule has 2 unspecified atom stereocenters. The zero-order valence-corrected chi connectivity index (χ0v) is 9.85. The molecule has 3 rings (SSSR count). The molecule has 2 atom stereocenters. The molecular formula is C13H16N2O2. The van der Waals surface area contributed by atoms with Crippen LogP contribution in [-0.2, 0) is 4.79 Å². The van der Waals surface area contributed by atoms with Crippen molar-refractivity contribution in [3.05, 3.63) is 29.8 Å². The minimum atomic E-state index is -0.0252. The van der Waals surface area contributed by atoms with Crippen LogP contribution < -0.4 is 10.1 Å². The fraction of sp³-hybridized carbons (Fsp3) is 0.462. The highest BCUT2D eigenvalue weighted by molar-refractivity contribution is 5.84. The smallest absolute Gasteiger partial charge is 0.240 e. The minimum absolute atomic E-state index is 0.0252. The van der Waals surface area contributed by atoms with E-state index in [1.807, 2.05) is 36.2 Å². The average molecular weight is 232 g/mol. The number of rotatable bonds is 2. The van der Waals surface area contributed by atoms with E-state index in [-0.39, 0.29) is 18.0 Å². The number of likely N-dealkylation sites (tertiary alicyclic amines) is 1. The molecule has 2 aliphatic rings. The third kappa shape index (κ3) is 1.60. The number of hydrogen-bond donors (Lipinski definition) is 1. The van der Waals surface area contributed by atoms with Crippen molar-refractivity contribution in [3.63, 3.8) is 0 Å². The predicted octanol–water partition coefficient (Wildman–Crippen LogP) is 0.940. The summed E-state index contributed by atoms with van der Waals surface area (Å²) in [5, 5.41) is 3.06. The molecule has 1 amide bonds. The van der Waals surface area contributed by atoms with Gasteiger partial charge in [-0.25, -0.2) is 0 Å². The number of benzene rings is 1. The fourth-order valence-corrected chi connectivity index (χ4v) is 2.68. The van der Waals surface area contributed by atoms with Crippen LogP contribution in [0.5, 0.6) is 5.75 Å². The first kappa shape index (κ1) is 10.6. The Hall–Kier alpha value is -1.55. The van der Waals surface area contributed by atoms with Crippen molar-refractivity contribution in [2.45, 2.75) is 18.5 Å². The number of carbonyl (C=O) groups excluding carboxylic acids is 1. The van der Waals surface area contributed by atoms with Crippen LogP contribution in [0.3, 0.4) is 0 Å². The molecule has 0 bridgehead atoms. The molecule has 1 aromatic rings. The number of carbonyl (C=O) groups is 1. The second kappa shape index (κ2) is 4.04. The van der Waals surface area contributed by atoms with Crippen LogP contribution in [0.4, 0.5) is 0 Å². The predicted molar refractivity (Wildman–Crippen MR) is 63.9 cm³/mol. The van der Waals surface area contributed by atoms with Gasteiger partial charge in [0.25, 0.3) is 0 Å². The first-order valence-corrected chi connectivity index (χ1v) is 6.00. The highest BCUT2D eigenvalue weighted by Crippen LogP contribution is 2.37. The van der Waals surface area contributed by atoms with Gasteiger partial charge in [-0.1, -0.05) is 18.2 Å². The Morgan fingerprint density at radius 2 is 2.24 bits per heavy atom. The molecule has 2 heterocycles. The van der Waals surface area contributed by atoms with Crippen LogP contribution >= 0.6 is 0 Å². The Morgan fingerprint density at radius 1 is 1.41 bits per heavy atom. The first-order valence-electron chi connectivity index (χ1n) is 6.00. The van der Waals surface area contributed by atoms with Gasteiger partial charge in [-0.3, -0.25) is 4.79 Å². The van der Waals surface area contributed by atoms with E-state index in [2.05, 4.69) is 5.32 Å². The molecule has 4 heteroatoms. The number of fused-ring (bicyclic) bond motifs is 1. The molecule has 4 nitrogen and oxygen atoms in total. The summed E-state index contributed by atoms with van der Waals surface area (Å²) in [6.45, 7) is 1.40. The van der Waals surface area contributed by atoms with Crippen molar-refractivity contribution in [1.29, 1.82) is 0 Å². The summed E-state index contributed by atoms with van der Waals surface area (Å²) < 4.78 is 5.63. The molecular weight excluding hydrogens is 216 g/mol. The summed E-state index contributed by atoms with van der Waals surface area (Å²) in [5.74, 6) is 1.11. The molecule has 0 saturated carbocycles. The molecule has 2 aliphatic heterocycles. The summed E-state index contributed by atoms with van der Waals surface area (Å²) >= 11 is 0. The number of nitrogens with zero attached hydrogens (tertiary/aromatic N) is 1. The van der Waals surface area contributed by atoms with E-state index in [4.69, 9.17) is 4.74 Å². The quantitative estimate of drug-likeness (QED) is 0.825. The van der Waals surface area contributed by atoms with E-state index in [0.717, 1.165) is 24.3 Å². The number of para-hydroxylation sites is 1. The van der Waals surface area contributed by atoms with Gasteiger partial charge in [0.15, 0.2) is 0 Å². The lowest BCUT2D eigenvalue weighted by atomic mass is 10.1. The SMILES string of the molecule is CNC1CCN(C2COc3ccccc32)C1=O. The number of hydrogen-bond acceptors (Lipinski definition) is 3. The van der Waals surface area contributed by atoms with Gasteiger partial charge in [0.2, 0.25) is 5.91 Å². The summed E-state index contributed by atoms with van der Waals surface area (Å²) in [5.41, 5.74) is 1.14. The molecule has 1 aromatic carbocycles. The maximum absolute atomic E-state index is 12.1. The van der Waals surface area contributed by atoms with Gasteiger partial charge in [0.05, 0.1) is 12.1 Å². The Morgan fingerprint density at radius 3 is 3.00 bits per heavy atom. The zero-order valence-electron chi connectivity index (χ0n) is 9.85. The topological polar surface area (TPSA) is 41.6 Å². The first-order chi connectivity index (χ1) is 8.31. The van der Waals surface area contributed by atoms with Crippen molar-refractivity contribution >= 4 is 5.91 Å². The Labute approximate surface area is 101 Å². The lowest BCUT2D eigenvalue weighted by molar-refractivity contribution is -0.131. The molecule has 17 heavy (non-hydrogen) atoms. The van der Waals surface area contributed by atoms with E-state index >= 15 is 0 Å². The van der Waals surface area contributed by atoms with Crippen LogP contribution in [0, 0.1) is 0 Å². The van der Waals surface area contributed by atoms with E-state index < -0.39 is 0 Å². The number of nitrogens with one attached hydrogen (secondary N) is 1. The van der Waals surface area contributed by atoms with Crippen molar-refractivity contribution in [3.8, 4) is 5.75 Å². The summed E-state index contributed by atoms with van der Waals surface area (Å²) in [6, 6.07) is 8.04. The Kier molecular flexibility index (Phi) is 2.52. The highest BCUT2D eigenvalue weighted by Gasteiger charge is 2.39. The Balaban J connectivity index is 1.86. The largest absolute Gasteiger partial charge is 0.491 e. The van der Waals surface area contributed by atoms with Crippen LogP contribution in [0.25, 0.3) is 0 Å². The van der Waals surface area contributed by atoms with Gasteiger partial charge in [-0.05, 0) is 19.5 Å². The molecule has 90 valence electrons. The second-order valence-electron chi connectivity index (χ2n) is 4.53. The highest BCUT2D eigenvalue weighted by atomic mass is 16.5. The summed E-state index contributed by atoms with van der Waals surface area (Å²) in [6.07, 6.45) is 0.883. The van der Waals surface area contributed by atoms with Crippen LogP contribution in [0.15, 0.2) is 24.3 Å². The van der Waals surface area contributed by atoms with Crippen molar-refractivity contribution in [1.82, 2.24) is 10.2 Å². The molecule has 1 fully saturated rings. The number of ether oxygens (including phenoxy) is 1. The molecule has 0 aromatic heterocycles. The van der Waals surface area contributed by atoms with Crippen LogP contribution in [0.1, 0.15) is 18.0 Å². The van der Waals surface area contributed by atoms with Gasteiger partial charge in [-0.2, -0.15) is 0 Å². The lowest BCUT2D eigenvalue weighted by Gasteiger charge is -2.23. The minimum Gasteiger partial charge on any atom is -0.491 e. The van der Waals surface area contributed by atoms with E-state index in [0.29, 0.717) is 6.61 Å². The lowest BCUT2D eigenvalue weighted by Crippen LogP contribution is -2.38. The molecule has 0 radical (unpaired) electrons. The van der Waals surface area contributed by atoms with Crippen molar-refractivity contribution in [2.24, 2.45) is 0 Å². The second-order valence-corrected chi connectivity index (χ2v) is 4.53. The van der Waals surface area contributed by atoms with Crippen LogP contribution in [-0.4, -0.2) is 37.0 Å². The summed E-state index contributed by atoms with van der Waals surface area (Å²) in [7, 11) is 1.84. The monoisotopic (exact) mass is 232 g/mol. The number of likely N-dealkylation sites (N-methyl/N-ethyl adjacent to an activating group) is 1. The standard InChI is InChI=1S/C13H16N2O2/c1-14-10-6-7-15(13(10)16)11-8-17-12-5-3-2-4-9(11)12/h2-5,10-11,14H,6-8H2,1H3. The third-order valence-electron chi connectivity index (χ3n) is 3.64. The molecule has 1 N–H and O–H groups in total. The van der Waals surface area contributed by atoms with Gasteiger partial charge >= 0.3 is 0 Å². The van der Waals surface area contributed by atoms with E-state index in [1.165, 1.54) is 0 Å². The van der Waals surface area contributed by atoms with Gasteiger partial charge in [-0.15, -0.1) is 0 Å². The average Bonchev–Trinajstić information content (AvgIpc) is 2.92. The molecule has 0 spiro atoms. The molecule has 1 saturated heterocycles. The van der Waals surface area contributed by atoms with Gasteiger partial charge in [0.1, 0.15) is 12.4 Å². The van der Waals surface area contributed by atoms with Crippen molar-refractivity contribution in [2.75, 3.05) is 20.2 Å².